The van der Waals surface area contributed by atoms with Gasteiger partial charge in [-0.25, -0.2) is 0 Å². The first-order valence-corrected chi connectivity index (χ1v) is 4.41. The number of hydrogen-bond acceptors (Lipinski definition) is 2. The highest BCUT2D eigenvalue weighted by atomic mass is 16.3. The van der Waals surface area contributed by atoms with Crippen molar-refractivity contribution in [1.82, 2.24) is 10.2 Å². The summed E-state index contributed by atoms with van der Waals surface area (Å²) in [5, 5.41) is 16.3. The Kier molecular flexibility index (Phi) is 1.68. The van der Waals surface area contributed by atoms with E-state index in [2.05, 4.69) is 30.1 Å². The van der Waals surface area contributed by atoms with Crippen molar-refractivity contribution in [3.63, 3.8) is 0 Å². The number of aliphatic hydroxyl groups excluding tert-OH is 1. The summed E-state index contributed by atoms with van der Waals surface area (Å²) >= 11 is 0. The van der Waals surface area contributed by atoms with Gasteiger partial charge in [0, 0.05) is 11.6 Å². The van der Waals surface area contributed by atoms with Crippen molar-refractivity contribution in [3.8, 4) is 0 Å². The summed E-state index contributed by atoms with van der Waals surface area (Å²) in [6, 6.07) is 2.06. The minimum absolute atomic E-state index is 0.134. The predicted octanol–water partition coefficient (Wildman–Crippen LogP) is 1.38. The highest BCUT2D eigenvalue weighted by Crippen LogP contribution is 2.39. The molecule has 0 bridgehead atoms. The molecule has 66 valence electrons. The largest absolute Gasteiger partial charge is 0.392 e. The number of H-pyrrole nitrogens is 1. The second-order valence-corrected chi connectivity index (χ2v) is 3.81. The van der Waals surface area contributed by atoms with Crippen LogP contribution in [0.3, 0.4) is 0 Å². The van der Waals surface area contributed by atoms with Crippen LogP contribution >= 0.6 is 0 Å². The number of nitrogens with zero attached hydrogens (tertiary/aromatic N) is 1. The van der Waals surface area contributed by atoms with Gasteiger partial charge in [0.2, 0.25) is 0 Å². The van der Waals surface area contributed by atoms with Gasteiger partial charge in [-0.2, -0.15) is 5.10 Å². The number of aliphatic hydroxyl groups is 1. The Morgan fingerprint density at radius 1 is 1.67 bits per heavy atom. The molecule has 2 rings (SSSR count). The molecule has 1 aromatic rings. The first kappa shape index (κ1) is 7.80. The third kappa shape index (κ3) is 1.25. The smallest absolute Gasteiger partial charge is 0.0650 e. The molecule has 12 heavy (non-hydrogen) atoms. The fourth-order valence-electron chi connectivity index (χ4n) is 1.35. The number of rotatable bonds is 2. The van der Waals surface area contributed by atoms with Crippen molar-refractivity contribution in [1.29, 1.82) is 0 Å². The highest BCUT2D eigenvalue weighted by Gasteiger charge is 2.38. The maximum Gasteiger partial charge on any atom is 0.0650 e. The van der Waals surface area contributed by atoms with Crippen LogP contribution < -0.4 is 0 Å². The Morgan fingerprint density at radius 2 is 2.33 bits per heavy atom. The van der Waals surface area contributed by atoms with Gasteiger partial charge in [-0.1, -0.05) is 13.8 Å². The minimum Gasteiger partial charge on any atom is -0.392 e. The van der Waals surface area contributed by atoms with Crippen LogP contribution in [0.15, 0.2) is 6.07 Å². The lowest BCUT2D eigenvalue weighted by atomic mass is 10.1. The summed E-state index contributed by atoms with van der Waals surface area (Å²) in [7, 11) is 0. The number of nitrogens with one attached hydrogen (secondary N) is 1. The van der Waals surface area contributed by atoms with E-state index in [-0.39, 0.29) is 6.10 Å². The maximum absolute atomic E-state index is 9.18. The molecular formula is C9H14N2O. The maximum atomic E-state index is 9.18. The second kappa shape index (κ2) is 2.59. The molecule has 0 aromatic carbocycles. The molecular weight excluding hydrogens is 152 g/mol. The van der Waals surface area contributed by atoms with Gasteiger partial charge in [-0.3, -0.25) is 5.10 Å². The predicted molar refractivity (Wildman–Crippen MR) is 46.0 cm³/mol. The summed E-state index contributed by atoms with van der Waals surface area (Å²) in [5.74, 6) is 0.788. The molecule has 0 radical (unpaired) electrons. The molecule has 0 aliphatic heterocycles. The number of aromatic amines is 1. The summed E-state index contributed by atoms with van der Waals surface area (Å²) in [5.41, 5.74) is 2.18. The van der Waals surface area contributed by atoms with Crippen LogP contribution in [-0.4, -0.2) is 21.4 Å². The first-order chi connectivity index (χ1) is 5.68. The monoisotopic (exact) mass is 166 g/mol. The molecule has 1 aliphatic rings. The lowest BCUT2D eigenvalue weighted by Crippen LogP contribution is -1.85. The molecule has 3 heteroatoms. The van der Waals surface area contributed by atoms with Crippen LogP contribution in [0.2, 0.25) is 0 Å². The molecule has 1 heterocycles. The van der Waals surface area contributed by atoms with Gasteiger partial charge in [0.15, 0.2) is 0 Å². The van der Waals surface area contributed by atoms with E-state index in [4.69, 9.17) is 0 Å². The fraction of sp³-hybridized carbons (Fsp3) is 0.667. The first-order valence-electron chi connectivity index (χ1n) is 4.41. The van der Waals surface area contributed by atoms with E-state index in [9.17, 15) is 5.11 Å². The summed E-state index contributed by atoms with van der Waals surface area (Å²) in [6.07, 6.45) is 0.755. The molecule has 1 saturated carbocycles. The zero-order valence-corrected chi connectivity index (χ0v) is 7.41. The molecule has 1 fully saturated rings. The van der Waals surface area contributed by atoms with E-state index in [0.29, 0.717) is 11.8 Å². The number of aromatic nitrogens is 2. The van der Waals surface area contributed by atoms with Crippen molar-refractivity contribution >= 4 is 0 Å². The molecule has 0 spiro atoms. The Morgan fingerprint density at radius 3 is 2.75 bits per heavy atom. The van der Waals surface area contributed by atoms with Crippen molar-refractivity contribution in [2.75, 3.05) is 0 Å². The molecule has 1 aliphatic carbocycles. The normalized spacial score (nSPS) is 28.0. The van der Waals surface area contributed by atoms with Crippen molar-refractivity contribution < 1.29 is 5.11 Å². The van der Waals surface area contributed by atoms with E-state index in [0.717, 1.165) is 17.8 Å². The lowest BCUT2D eigenvalue weighted by molar-refractivity contribution is 0.271. The van der Waals surface area contributed by atoms with Gasteiger partial charge in [0.1, 0.15) is 0 Å². The molecule has 0 saturated heterocycles. The fourth-order valence-corrected chi connectivity index (χ4v) is 1.35. The van der Waals surface area contributed by atoms with Gasteiger partial charge in [-0.15, -0.1) is 0 Å². The third-order valence-electron chi connectivity index (χ3n) is 2.37. The van der Waals surface area contributed by atoms with Crippen molar-refractivity contribution in [2.45, 2.75) is 38.2 Å². The van der Waals surface area contributed by atoms with Crippen LogP contribution in [0, 0.1) is 0 Å². The summed E-state index contributed by atoms with van der Waals surface area (Å²) in [4.78, 5) is 0. The molecule has 1 aromatic heterocycles. The highest BCUT2D eigenvalue weighted by molar-refractivity contribution is 5.22. The zero-order valence-electron chi connectivity index (χ0n) is 7.41. The quantitative estimate of drug-likeness (QED) is 0.697. The minimum atomic E-state index is -0.134. The van der Waals surface area contributed by atoms with Gasteiger partial charge in [0.05, 0.1) is 11.8 Å². The van der Waals surface area contributed by atoms with E-state index >= 15 is 0 Å². The molecule has 2 N–H and O–H groups in total. The Labute approximate surface area is 71.8 Å². The molecule has 3 nitrogen and oxygen atoms in total. The number of hydrogen-bond donors (Lipinski definition) is 2. The van der Waals surface area contributed by atoms with E-state index < -0.39 is 0 Å². The molecule has 0 amide bonds. The van der Waals surface area contributed by atoms with E-state index in [1.807, 2.05) is 0 Å². The SMILES string of the molecule is CC(C)c1cc(C2CC2O)[nH]n1. The average molecular weight is 166 g/mol. The van der Waals surface area contributed by atoms with Crippen LogP contribution in [0.25, 0.3) is 0 Å². The van der Waals surface area contributed by atoms with Gasteiger partial charge >= 0.3 is 0 Å². The van der Waals surface area contributed by atoms with Gasteiger partial charge in [-0.05, 0) is 18.4 Å². The van der Waals surface area contributed by atoms with Crippen molar-refractivity contribution in [2.24, 2.45) is 0 Å². The zero-order chi connectivity index (χ0) is 8.72. The Balaban J connectivity index is 2.14. The van der Waals surface area contributed by atoms with Crippen molar-refractivity contribution in [3.05, 3.63) is 17.5 Å². The van der Waals surface area contributed by atoms with Crippen LogP contribution in [0.4, 0.5) is 0 Å². The van der Waals surface area contributed by atoms with Crippen LogP contribution in [0.5, 0.6) is 0 Å². The Hall–Kier alpha value is -0.830. The van der Waals surface area contributed by atoms with Crippen LogP contribution in [0.1, 0.15) is 43.5 Å². The van der Waals surface area contributed by atoms with E-state index in [1.54, 1.807) is 0 Å². The third-order valence-corrected chi connectivity index (χ3v) is 2.37. The average Bonchev–Trinajstić information content (AvgIpc) is 2.59. The van der Waals surface area contributed by atoms with Gasteiger partial charge < -0.3 is 5.11 Å². The topological polar surface area (TPSA) is 48.9 Å². The Bertz CT molecular complexity index is 280. The standard InChI is InChI=1S/C9H14N2O/c1-5(2)7-4-8(11-10-7)6-3-9(6)12/h4-6,9,12H,3H2,1-2H3,(H,10,11). The summed E-state index contributed by atoms with van der Waals surface area (Å²) in [6.45, 7) is 4.23. The molecule has 2 atom stereocenters. The second-order valence-electron chi connectivity index (χ2n) is 3.81. The summed E-state index contributed by atoms with van der Waals surface area (Å²) < 4.78 is 0. The van der Waals surface area contributed by atoms with Gasteiger partial charge in [0.25, 0.3) is 0 Å². The van der Waals surface area contributed by atoms with E-state index in [1.165, 1.54) is 0 Å². The molecule has 2 unspecified atom stereocenters. The lowest BCUT2D eigenvalue weighted by Gasteiger charge is -1.94. The van der Waals surface area contributed by atoms with Crippen LogP contribution in [-0.2, 0) is 0 Å².